The van der Waals surface area contributed by atoms with E-state index in [2.05, 4.69) is 39.5 Å². The highest BCUT2D eigenvalue weighted by atomic mass is 32.2. The second-order valence-corrected chi connectivity index (χ2v) is 6.71. The molecule has 0 radical (unpaired) electrons. The standard InChI is InChI=1S/C13H20N6O2S/c1-9(2)6-12-14-11(16-21-12)8-22-13-15-17-18-19(13)7-10-4-3-5-20-10/h9-10H,3-8H2,1-2H3/t10-/m1/s1. The Kier molecular flexibility index (Phi) is 5.04. The van der Waals surface area contributed by atoms with Crippen molar-refractivity contribution in [3.05, 3.63) is 11.7 Å². The van der Waals surface area contributed by atoms with E-state index in [0.29, 0.717) is 29.9 Å². The van der Waals surface area contributed by atoms with Gasteiger partial charge in [0.05, 0.1) is 18.4 Å². The summed E-state index contributed by atoms with van der Waals surface area (Å²) in [5.41, 5.74) is 0. The fourth-order valence-electron chi connectivity index (χ4n) is 2.31. The average molecular weight is 324 g/mol. The minimum atomic E-state index is 0.214. The first-order valence-corrected chi connectivity index (χ1v) is 8.51. The van der Waals surface area contributed by atoms with Crippen LogP contribution in [0.2, 0.25) is 0 Å². The first-order valence-electron chi connectivity index (χ1n) is 7.52. The highest BCUT2D eigenvalue weighted by Gasteiger charge is 2.19. The van der Waals surface area contributed by atoms with Gasteiger partial charge in [0.1, 0.15) is 0 Å². The van der Waals surface area contributed by atoms with Gasteiger partial charge in [-0.05, 0) is 29.2 Å². The molecule has 1 atom stereocenters. The van der Waals surface area contributed by atoms with Gasteiger partial charge >= 0.3 is 0 Å². The van der Waals surface area contributed by atoms with Crippen molar-refractivity contribution in [2.45, 2.75) is 56.7 Å². The van der Waals surface area contributed by atoms with Crippen molar-refractivity contribution in [1.82, 2.24) is 30.3 Å². The Hall–Kier alpha value is -1.48. The Morgan fingerprint density at radius 1 is 1.41 bits per heavy atom. The molecule has 22 heavy (non-hydrogen) atoms. The predicted octanol–water partition coefficient (Wildman–Crippen LogP) is 1.73. The van der Waals surface area contributed by atoms with Crippen molar-refractivity contribution in [2.24, 2.45) is 5.92 Å². The van der Waals surface area contributed by atoms with Gasteiger partial charge in [-0.25, -0.2) is 4.68 Å². The van der Waals surface area contributed by atoms with Gasteiger partial charge in [-0.2, -0.15) is 4.98 Å². The zero-order chi connectivity index (χ0) is 15.4. The van der Waals surface area contributed by atoms with E-state index in [0.717, 1.165) is 31.0 Å². The molecular weight excluding hydrogens is 304 g/mol. The van der Waals surface area contributed by atoms with Crippen LogP contribution in [-0.4, -0.2) is 43.1 Å². The van der Waals surface area contributed by atoms with Crippen molar-refractivity contribution in [1.29, 1.82) is 0 Å². The maximum Gasteiger partial charge on any atom is 0.226 e. The third-order valence-corrected chi connectivity index (χ3v) is 4.28. The van der Waals surface area contributed by atoms with E-state index in [9.17, 15) is 0 Å². The third-order valence-electron chi connectivity index (χ3n) is 3.32. The number of thioether (sulfide) groups is 1. The molecule has 0 aromatic carbocycles. The van der Waals surface area contributed by atoms with Gasteiger partial charge in [0.25, 0.3) is 0 Å². The summed E-state index contributed by atoms with van der Waals surface area (Å²) < 4.78 is 12.6. The Morgan fingerprint density at radius 2 is 2.32 bits per heavy atom. The van der Waals surface area contributed by atoms with E-state index < -0.39 is 0 Å². The number of ether oxygens (including phenoxy) is 1. The normalized spacial score (nSPS) is 18.4. The van der Waals surface area contributed by atoms with E-state index in [1.807, 2.05) is 0 Å². The summed E-state index contributed by atoms with van der Waals surface area (Å²) in [6.45, 7) is 5.77. The fraction of sp³-hybridized carbons (Fsp3) is 0.769. The van der Waals surface area contributed by atoms with Crippen LogP contribution in [0.4, 0.5) is 0 Å². The number of aromatic nitrogens is 6. The second-order valence-electron chi connectivity index (χ2n) is 5.77. The lowest BCUT2D eigenvalue weighted by atomic mass is 10.1. The second kappa shape index (κ2) is 7.19. The van der Waals surface area contributed by atoms with Crippen molar-refractivity contribution in [3.63, 3.8) is 0 Å². The van der Waals surface area contributed by atoms with Crippen LogP contribution >= 0.6 is 11.8 Å². The maximum atomic E-state index is 5.62. The average Bonchev–Trinajstić information content (AvgIpc) is 3.19. The quantitative estimate of drug-likeness (QED) is 0.711. The number of hydrogen-bond donors (Lipinski definition) is 0. The molecule has 2 aromatic rings. The molecule has 0 spiro atoms. The number of hydrogen-bond acceptors (Lipinski definition) is 8. The van der Waals surface area contributed by atoms with Gasteiger partial charge in [-0.1, -0.05) is 30.8 Å². The lowest BCUT2D eigenvalue weighted by Gasteiger charge is -2.09. The fourth-order valence-corrected chi connectivity index (χ4v) is 3.04. The van der Waals surface area contributed by atoms with Gasteiger partial charge in [0, 0.05) is 13.0 Å². The molecule has 1 fully saturated rings. The van der Waals surface area contributed by atoms with Crippen LogP contribution in [-0.2, 0) is 23.5 Å². The molecule has 120 valence electrons. The minimum Gasteiger partial charge on any atom is -0.376 e. The van der Waals surface area contributed by atoms with Gasteiger partial charge in [0.15, 0.2) is 5.82 Å². The minimum absolute atomic E-state index is 0.214. The monoisotopic (exact) mass is 324 g/mol. The van der Waals surface area contributed by atoms with E-state index in [4.69, 9.17) is 9.26 Å². The number of tetrazole rings is 1. The molecule has 9 heteroatoms. The summed E-state index contributed by atoms with van der Waals surface area (Å²) in [4.78, 5) is 4.38. The van der Waals surface area contributed by atoms with E-state index in [-0.39, 0.29) is 6.10 Å². The summed E-state index contributed by atoms with van der Waals surface area (Å²) in [5.74, 6) is 2.45. The maximum absolute atomic E-state index is 5.62. The largest absolute Gasteiger partial charge is 0.376 e. The Bertz CT molecular complexity index is 593. The first-order chi connectivity index (χ1) is 10.7. The lowest BCUT2D eigenvalue weighted by molar-refractivity contribution is 0.0912. The van der Waals surface area contributed by atoms with Crippen molar-refractivity contribution < 1.29 is 9.26 Å². The molecule has 1 aliphatic rings. The summed E-state index contributed by atoms with van der Waals surface area (Å²) in [6, 6.07) is 0. The molecule has 0 aliphatic carbocycles. The van der Waals surface area contributed by atoms with Gasteiger partial charge in [0.2, 0.25) is 11.0 Å². The number of nitrogens with zero attached hydrogens (tertiary/aromatic N) is 6. The highest BCUT2D eigenvalue weighted by Crippen LogP contribution is 2.21. The van der Waals surface area contributed by atoms with Gasteiger partial charge in [-0.3, -0.25) is 0 Å². The topological polar surface area (TPSA) is 91.8 Å². The van der Waals surface area contributed by atoms with Crippen LogP contribution in [0.25, 0.3) is 0 Å². The molecule has 1 aliphatic heterocycles. The molecule has 0 unspecified atom stereocenters. The summed E-state index contributed by atoms with van der Waals surface area (Å²) in [6.07, 6.45) is 3.18. The van der Waals surface area contributed by atoms with Crippen molar-refractivity contribution in [3.8, 4) is 0 Å². The first kappa shape index (κ1) is 15.4. The van der Waals surface area contributed by atoms with Crippen LogP contribution in [0.1, 0.15) is 38.4 Å². The molecule has 0 amide bonds. The highest BCUT2D eigenvalue weighted by molar-refractivity contribution is 7.98. The molecule has 3 rings (SSSR count). The van der Waals surface area contributed by atoms with Crippen molar-refractivity contribution >= 4 is 11.8 Å². The zero-order valence-electron chi connectivity index (χ0n) is 12.8. The molecule has 2 aromatic heterocycles. The summed E-state index contributed by atoms with van der Waals surface area (Å²) in [7, 11) is 0. The molecule has 3 heterocycles. The summed E-state index contributed by atoms with van der Waals surface area (Å²) >= 11 is 1.51. The predicted molar refractivity (Wildman–Crippen MR) is 79.2 cm³/mol. The van der Waals surface area contributed by atoms with Crippen LogP contribution in [0.15, 0.2) is 9.68 Å². The van der Waals surface area contributed by atoms with Crippen LogP contribution in [0.5, 0.6) is 0 Å². The summed E-state index contributed by atoms with van der Waals surface area (Å²) in [5, 5.41) is 16.6. The van der Waals surface area contributed by atoms with Crippen LogP contribution in [0, 0.1) is 5.92 Å². The number of rotatable bonds is 7. The molecule has 8 nitrogen and oxygen atoms in total. The molecule has 0 bridgehead atoms. The Morgan fingerprint density at radius 3 is 3.09 bits per heavy atom. The van der Waals surface area contributed by atoms with Crippen LogP contribution in [0.3, 0.4) is 0 Å². The van der Waals surface area contributed by atoms with E-state index in [1.54, 1.807) is 4.68 Å². The van der Waals surface area contributed by atoms with E-state index >= 15 is 0 Å². The van der Waals surface area contributed by atoms with Gasteiger partial charge < -0.3 is 9.26 Å². The van der Waals surface area contributed by atoms with Crippen molar-refractivity contribution in [2.75, 3.05) is 6.61 Å². The molecular formula is C13H20N6O2S. The third kappa shape index (κ3) is 4.04. The molecule has 1 saturated heterocycles. The smallest absolute Gasteiger partial charge is 0.226 e. The zero-order valence-corrected chi connectivity index (χ0v) is 13.6. The SMILES string of the molecule is CC(C)Cc1nc(CSc2nnnn2C[C@H]2CCCO2)no1. The van der Waals surface area contributed by atoms with E-state index in [1.165, 1.54) is 11.8 Å². The lowest BCUT2D eigenvalue weighted by Crippen LogP contribution is -2.16. The van der Waals surface area contributed by atoms with Gasteiger partial charge in [-0.15, -0.1) is 5.10 Å². The Labute approximate surface area is 133 Å². The molecule has 0 N–H and O–H groups in total. The van der Waals surface area contributed by atoms with Crippen LogP contribution < -0.4 is 0 Å². The molecule has 0 saturated carbocycles. The Balaban J connectivity index is 1.55.